The monoisotopic (exact) mass is 484 g/mol. The largest absolute Gasteiger partial charge is 0.493 e. The average Bonchev–Trinajstić information content (AvgIpc) is 2.63. The number of nitrogens with one attached hydrogen (secondary N) is 1. The molecule has 0 heterocycles. The fourth-order valence-electron chi connectivity index (χ4n) is 2.01. The molecule has 0 spiro atoms. The van der Waals surface area contributed by atoms with Crippen molar-refractivity contribution in [1.29, 1.82) is 0 Å². The van der Waals surface area contributed by atoms with E-state index < -0.39 is 0 Å². The molecule has 0 aliphatic rings. The van der Waals surface area contributed by atoms with Gasteiger partial charge in [0.05, 0.1) is 28.9 Å². The van der Waals surface area contributed by atoms with E-state index in [0.717, 1.165) is 14.5 Å². The van der Waals surface area contributed by atoms with Crippen molar-refractivity contribution in [3.8, 4) is 17.2 Å². The summed E-state index contributed by atoms with van der Waals surface area (Å²) in [5.74, 6) is 1.42. The number of nitrogens with zero attached hydrogens (tertiary/aromatic N) is 1. The predicted molar refractivity (Wildman–Crippen MR) is 107 cm³/mol. The molecule has 0 bridgehead atoms. The van der Waals surface area contributed by atoms with Crippen molar-refractivity contribution in [1.82, 2.24) is 5.43 Å². The third-order valence-electron chi connectivity index (χ3n) is 3.14. The Hall–Kier alpha value is -2.06. The third-order valence-corrected chi connectivity index (χ3v) is 4.38. The number of para-hydroxylation sites is 1. The summed E-state index contributed by atoms with van der Waals surface area (Å²) in [6.07, 6.45) is 1.51. The molecule has 6 nitrogen and oxygen atoms in total. The lowest BCUT2D eigenvalue weighted by atomic mass is 10.2. The smallest absolute Gasteiger partial charge is 0.277 e. The van der Waals surface area contributed by atoms with Crippen molar-refractivity contribution in [2.75, 3.05) is 20.3 Å². The van der Waals surface area contributed by atoms with Crippen LogP contribution >= 0.6 is 31.9 Å². The van der Waals surface area contributed by atoms with Crippen molar-refractivity contribution in [3.05, 3.63) is 50.9 Å². The Morgan fingerprint density at radius 1 is 1.15 bits per heavy atom. The van der Waals surface area contributed by atoms with Crippen LogP contribution in [0.25, 0.3) is 0 Å². The summed E-state index contributed by atoms with van der Waals surface area (Å²) in [5, 5.41) is 3.93. The average molecular weight is 486 g/mol. The summed E-state index contributed by atoms with van der Waals surface area (Å²) in [5.41, 5.74) is 3.16. The number of carbonyl (C=O) groups excluding carboxylic acids is 1. The zero-order valence-corrected chi connectivity index (χ0v) is 17.5. The fraction of sp³-hybridized carbons (Fsp3) is 0.222. The zero-order valence-electron chi connectivity index (χ0n) is 14.3. The SMILES string of the molecule is CCOc1c(Br)cc(/C=N/NC(=O)COc2ccccc2Br)cc1OC. The predicted octanol–water partition coefficient (Wildman–Crippen LogP) is 4.15. The molecule has 2 aromatic rings. The van der Waals surface area contributed by atoms with Crippen molar-refractivity contribution in [2.24, 2.45) is 5.10 Å². The normalized spacial score (nSPS) is 10.6. The number of hydrogen-bond acceptors (Lipinski definition) is 5. The van der Waals surface area contributed by atoms with Gasteiger partial charge in [-0.25, -0.2) is 5.43 Å². The highest BCUT2D eigenvalue weighted by atomic mass is 79.9. The summed E-state index contributed by atoms with van der Waals surface area (Å²) in [7, 11) is 1.56. The first-order valence-electron chi connectivity index (χ1n) is 7.74. The second kappa shape index (κ2) is 10.2. The van der Waals surface area contributed by atoms with E-state index in [4.69, 9.17) is 14.2 Å². The molecule has 0 aliphatic heterocycles. The number of benzene rings is 2. The molecule has 138 valence electrons. The van der Waals surface area contributed by atoms with Gasteiger partial charge in [-0.3, -0.25) is 4.79 Å². The highest BCUT2D eigenvalue weighted by molar-refractivity contribution is 9.10. The quantitative estimate of drug-likeness (QED) is 0.450. The van der Waals surface area contributed by atoms with Gasteiger partial charge in [0, 0.05) is 0 Å². The summed E-state index contributed by atoms with van der Waals surface area (Å²) in [4.78, 5) is 11.8. The molecule has 0 saturated heterocycles. The molecule has 0 radical (unpaired) electrons. The van der Waals surface area contributed by atoms with E-state index in [-0.39, 0.29) is 12.5 Å². The number of amides is 1. The van der Waals surface area contributed by atoms with E-state index in [2.05, 4.69) is 42.4 Å². The molecule has 0 fully saturated rings. The number of rotatable bonds is 8. The Morgan fingerprint density at radius 3 is 2.62 bits per heavy atom. The van der Waals surface area contributed by atoms with Crippen LogP contribution in [-0.2, 0) is 4.79 Å². The maximum absolute atomic E-state index is 11.8. The molecule has 1 amide bonds. The molecule has 0 unspecified atom stereocenters. The van der Waals surface area contributed by atoms with Crippen LogP contribution < -0.4 is 19.6 Å². The lowest BCUT2D eigenvalue weighted by Crippen LogP contribution is -2.24. The van der Waals surface area contributed by atoms with E-state index in [1.807, 2.05) is 31.2 Å². The van der Waals surface area contributed by atoms with Crippen molar-refractivity contribution < 1.29 is 19.0 Å². The molecule has 1 N–H and O–H groups in total. The second-order valence-corrected chi connectivity index (χ2v) is 6.69. The Labute approximate surface area is 168 Å². The van der Waals surface area contributed by atoms with Crippen LogP contribution in [0, 0.1) is 0 Å². The molecular weight excluding hydrogens is 468 g/mol. The minimum absolute atomic E-state index is 0.143. The molecular formula is C18H18Br2N2O4. The minimum atomic E-state index is -0.367. The number of ether oxygens (including phenoxy) is 3. The van der Waals surface area contributed by atoms with E-state index in [1.165, 1.54) is 6.21 Å². The van der Waals surface area contributed by atoms with Gasteiger partial charge in [0.2, 0.25) is 0 Å². The highest BCUT2D eigenvalue weighted by Crippen LogP contribution is 2.36. The first-order chi connectivity index (χ1) is 12.5. The van der Waals surface area contributed by atoms with Gasteiger partial charge < -0.3 is 14.2 Å². The van der Waals surface area contributed by atoms with Crippen molar-refractivity contribution in [2.45, 2.75) is 6.92 Å². The number of methoxy groups -OCH3 is 1. The summed E-state index contributed by atoms with van der Waals surface area (Å²) < 4.78 is 17.8. The molecule has 8 heteroatoms. The van der Waals surface area contributed by atoms with Gasteiger partial charge in [-0.15, -0.1) is 0 Å². The number of hydrogen-bond donors (Lipinski definition) is 1. The van der Waals surface area contributed by atoms with Gasteiger partial charge in [0.1, 0.15) is 5.75 Å². The maximum atomic E-state index is 11.8. The summed E-state index contributed by atoms with van der Waals surface area (Å²) in [6, 6.07) is 10.9. The van der Waals surface area contributed by atoms with Crippen LogP contribution in [0.5, 0.6) is 17.2 Å². The van der Waals surface area contributed by atoms with Gasteiger partial charge >= 0.3 is 0 Å². The van der Waals surface area contributed by atoms with E-state index in [0.29, 0.717) is 23.9 Å². The van der Waals surface area contributed by atoms with Gasteiger partial charge in [-0.2, -0.15) is 5.10 Å². The number of hydrazone groups is 1. The van der Waals surface area contributed by atoms with Crippen molar-refractivity contribution in [3.63, 3.8) is 0 Å². The zero-order chi connectivity index (χ0) is 18.9. The van der Waals surface area contributed by atoms with Crippen LogP contribution in [0.15, 0.2) is 50.4 Å². The Balaban J connectivity index is 1.94. The molecule has 2 rings (SSSR count). The topological polar surface area (TPSA) is 69.2 Å². The number of carbonyl (C=O) groups is 1. The van der Waals surface area contributed by atoms with Gasteiger partial charge in [0.15, 0.2) is 18.1 Å². The molecule has 0 saturated carbocycles. The van der Waals surface area contributed by atoms with Crippen LogP contribution in [0.1, 0.15) is 12.5 Å². The standard InChI is InChI=1S/C18H18Br2N2O4/c1-3-25-18-14(20)8-12(9-16(18)24-2)10-21-22-17(23)11-26-15-7-5-4-6-13(15)19/h4-10H,3,11H2,1-2H3,(H,22,23)/b21-10+. The van der Waals surface area contributed by atoms with Gasteiger partial charge in [0.25, 0.3) is 5.91 Å². The van der Waals surface area contributed by atoms with E-state index >= 15 is 0 Å². The Kier molecular flexibility index (Phi) is 7.93. The van der Waals surface area contributed by atoms with Crippen LogP contribution in [0.2, 0.25) is 0 Å². The molecule has 0 aliphatic carbocycles. The fourth-order valence-corrected chi connectivity index (χ4v) is 2.99. The third kappa shape index (κ3) is 5.74. The Bertz CT molecular complexity index is 797. The van der Waals surface area contributed by atoms with E-state index in [9.17, 15) is 4.79 Å². The van der Waals surface area contributed by atoms with Gasteiger partial charge in [-0.05, 0) is 68.6 Å². The Morgan fingerprint density at radius 2 is 1.92 bits per heavy atom. The van der Waals surface area contributed by atoms with E-state index in [1.54, 1.807) is 19.2 Å². The molecule has 0 atom stereocenters. The molecule has 2 aromatic carbocycles. The molecule has 26 heavy (non-hydrogen) atoms. The van der Waals surface area contributed by atoms with Crippen molar-refractivity contribution >= 4 is 44.0 Å². The first-order valence-corrected chi connectivity index (χ1v) is 9.33. The second-order valence-electron chi connectivity index (χ2n) is 4.98. The van der Waals surface area contributed by atoms with Crippen LogP contribution in [0.3, 0.4) is 0 Å². The number of halogens is 2. The lowest BCUT2D eigenvalue weighted by molar-refractivity contribution is -0.123. The minimum Gasteiger partial charge on any atom is -0.493 e. The first kappa shape index (κ1) is 20.3. The highest BCUT2D eigenvalue weighted by Gasteiger charge is 2.10. The van der Waals surface area contributed by atoms with Crippen LogP contribution in [0.4, 0.5) is 0 Å². The van der Waals surface area contributed by atoms with Gasteiger partial charge in [-0.1, -0.05) is 12.1 Å². The maximum Gasteiger partial charge on any atom is 0.277 e. The van der Waals surface area contributed by atoms with Crippen LogP contribution in [-0.4, -0.2) is 32.4 Å². The summed E-state index contributed by atoms with van der Waals surface area (Å²) in [6.45, 7) is 2.28. The molecule has 0 aromatic heterocycles. The summed E-state index contributed by atoms with van der Waals surface area (Å²) >= 11 is 6.79. The lowest BCUT2D eigenvalue weighted by Gasteiger charge is -2.12.